The van der Waals surface area contributed by atoms with Crippen LogP contribution in [-0.2, 0) is 20.8 Å². The Hall–Kier alpha value is -1.32. The average Bonchev–Trinajstić information content (AvgIpc) is 2.29. The van der Waals surface area contributed by atoms with E-state index in [1.54, 1.807) is 0 Å². The van der Waals surface area contributed by atoms with Gasteiger partial charge in [0.1, 0.15) is 5.82 Å². The summed E-state index contributed by atoms with van der Waals surface area (Å²) < 4.78 is 51.2. The van der Waals surface area contributed by atoms with Crippen LogP contribution < -0.4 is 4.72 Å². The summed E-state index contributed by atoms with van der Waals surface area (Å²) in [6.45, 7) is 2.82. The highest BCUT2D eigenvalue weighted by atomic mass is 32.2. The lowest BCUT2D eigenvalue weighted by atomic mass is 10.1. The van der Waals surface area contributed by atoms with Gasteiger partial charge in [0, 0.05) is 28.9 Å². The number of aromatic carboxylic acids is 1. The van der Waals surface area contributed by atoms with E-state index in [4.69, 9.17) is 5.11 Å². The van der Waals surface area contributed by atoms with Crippen LogP contribution in [0.2, 0.25) is 0 Å². The zero-order valence-electron chi connectivity index (χ0n) is 11.7. The fraction of sp³-hybridized carbons (Fsp3) is 0.417. The molecular weight excluding hydrogens is 321 g/mol. The molecule has 21 heavy (non-hydrogen) atoms. The number of sulfonamides is 1. The topological polar surface area (TPSA) is 101 Å². The molecule has 0 radical (unpaired) electrons. The van der Waals surface area contributed by atoms with Crippen LogP contribution in [0.15, 0.2) is 17.0 Å². The quantitative estimate of drug-likeness (QED) is 0.802. The maximum atomic E-state index is 13.6. The van der Waals surface area contributed by atoms with Gasteiger partial charge in [-0.25, -0.2) is 22.3 Å². The maximum absolute atomic E-state index is 13.6. The summed E-state index contributed by atoms with van der Waals surface area (Å²) in [7, 11) is -5.20. The highest BCUT2D eigenvalue weighted by Gasteiger charge is 2.23. The van der Waals surface area contributed by atoms with Gasteiger partial charge in [0.15, 0.2) is 0 Å². The SMILES string of the molecule is Cc1cc(S(=O)(=O)NC(C)CS(C)=O)cc(C(=O)O)c1F. The normalized spacial score (nSPS) is 14.7. The zero-order valence-corrected chi connectivity index (χ0v) is 13.3. The van der Waals surface area contributed by atoms with Crippen LogP contribution in [0.5, 0.6) is 0 Å². The molecule has 0 saturated heterocycles. The first kappa shape index (κ1) is 17.7. The molecule has 0 fully saturated rings. The van der Waals surface area contributed by atoms with E-state index in [-0.39, 0.29) is 16.2 Å². The van der Waals surface area contributed by atoms with Gasteiger partial charge in [-0.1, -0.05) is 0 Å². The number of carbonyl (C=O) groups is 1. The predicted molar refractivity (Wildman–Crippen MR) is 76.8 cm³/mol. The Morgan fingerprint density at radius 1 is 1.48 bits per heavy atom. The van der Waals surface area contributed by atoms with Crippen molar-refractivity contribution < 1.29 is 26.9 Å². The van der Waals surface area contributed by atoms with Crippen LogP contribution >= 0.6 is 0 Å². The van der Waals surface area contributed by atoms with E-state index in [0.717, 1.165) is 12.1 Å². The highest BCUT2D eigenvalue weighted by Crippen LogP contribution is 2.19. The van der Waals surface area contributed by atoms with E-state index in [2.05, 4.69) is 4.72 Å². The molecule has 0 bridgehead atoms. The number of hydrogen-bond acceptors (Lipinski definition) is 4. The van der Waals surface area contributed by atoms with Gasteiger partial charge in [0.25, 0.3) is 0 Å². The Morgan fingerprint density at radius 2 is 2.05 bits per heavy atom. The third-order valence-electron chi connectivity index (χ3n) is 2.61. The Labute approximate surface area is 124 Å². The Balaban J connectivity index is 3.20. The molecule has 0 aliphatic carbocycles. The molecule has 0 amide bonds. The number of hydrogen-bond donors (Lipinski definition) is 2. The van der Waals surface area contributed by atoms with Crippen molar-refractivity contribution in [1.29, 1.82) is 0 Å². The minimum absolute atomic E-state index is 0.0815. The summed E-state index contributed by atoms with van der Waals surface area (Å²) in [6.07, 6.45) is 1.44. The number of carboxylic acids is 1. The molecule has 2 N–H and O–H groups in total. The number of aryl methyl sites for hydroxylation is 1. The minimum Gasteiger partial charge on any atom is -0.478 e. The van der Waals surface area contributed by atoms with Crippen molar-refractivity contribution >= 4 is 26.8 Å². The number of rotatable bonds is 6. The molecule has 0 aliphatic heterocycles. The number of carboxylic acid groups (broad SMARTS) is 1. The summed E-state index contributed by atoms with van der Waals surface area (Å²) in [5.41, 5.74) is -0.788. The molecule has 1 rings (SSSR count). The van der Waals surface area contributed by atoms with Crippen LogP contribution in [0, 0.1) is 12.7 Å². The molecule has 9 heteroatoms. The van der Waals surface area contributed by atoms with Gasteiger partial charge in [0.2, 0.25) is 10.0 Å². The molecule has 0 spiro atoms. The van der Waals surface area contributed by atoms with Crippen LogP contribution in [0.25, 0.3) is 0 Å². The monoisotopic (exact) mass is 337 g/mol. The molecule has 2 unspecified atom stereocenters. The van der Waals surface area contributed by atoms with Crippen molar-refractivity contribution in [2.75, 3.05) is 12.0 Å². The van der Waals surface area contributed by atoms with E-state index < -0.39 is 44.2 Å². The van der Waals surface area contributed by atoms with Crippen molar-refractivity contribution in [2.45, 2.75) is 24.8 Å². The highest BCUT2D eigenvalue weighted by molar-refractivity contribution is 7.89. The summed E-state index contributed by atoms with van der Waals surface area (Å²) >= 11 is 0. The summed E-state index contributed by atoms with van der Waals surface area (Å²) in [6, 6.07) is 1.22. The second-order valence-electron chi connectivity index (χ2n) is 4.67. The van der Waals surface area contributed by atoms with E-state index in [9.17, 15) is 21.8 Å². The third-order valence-corrected chi connectivity index (χ3v) is 5.15. The summed E-state index contributed by atoms with van der Waals surface area (Å²) in [4.78, 5) is 10.6. The fourth-order valence-corrected chi connectivity index (χ4v) is 4.01. The smallest absolute Gasteiger partial charge is 0.338 e. The Kier molecular flexibility index (Phi) is 5.60. The van der Waals surface area contributed by atoms with Crippen molar-refractivity contribution in [2.24, 2.45) is 0 Å². The maximum Gasteiger partial charge on any atom is 0.338 e. The Morgan fingerprint density at radius 3 is 2.52 bits per heavy atom. The molecule has 0 saturated carbocycles. The third kappa shape index (κ3) is 4.58. The molecule has 2 atom stereocenters. The zero-order chi connectivity index (χ0) is 16.4. The van der Waals surface area contributed by atoms with Gasteiger partial charge >= 0.3 is 5.97 Å². The van der Waals surface area contributed by atoms with Gasteiger partial charge in [-0.05, 0) is 31.5 Å². The van der Waals surface area contributed by atoms with E-state index >= 15 is 0 Å². The van der Waals surface area contributed by atoms with E-state index in [1.165, 1.54) is 20.1 Å². The molecule has 0 heterocycles. The molecule has 0 aliphatic rings. The van der Waals surface area contributed by atoms with Crippen molar-refractivity contribution in [3.63, 3.8) is 0 Å². The molecule has 1 aromatic rings. The van der Waals surface area contributed by atoms with E-state index in [1.807, 2.05) is 0 Å². The average molecular weight is 337 g/mol. The van der Waals surface area contributed by atoms with Crippen LogP contribution in [0.4, 0.5) is 4.39 Å². The van der Waals surface area contributed by atoms with Crippen LogP contribution in [0.3, 0.4) is 0 Å². The standard InChI is InChI=1S/C12H16FNO5S2/c1-7-4-9(5-10(11(7)13)12(15)16)21(18,19)14-8(2)6-20(3)17/h4-5,8,14H,6H2,1-3H3,(H,15,16). The first-order valence-electron chi connectivity index (χ1n) is 5.90. The molecule has 6 nitrogen and oxygen atoms in total. The van der Waals surface area contributed by atoms with Gasteiger partial charge in [0.05, 0.1) is 10.5 Å². The molecular formula is C12H16FNO5S2. The number of nitrogens with one attached hydrogen (secondary N) is 1. The van der Waals surface area contributed by atoms with Gasteiger partial charge in [-0.3, -0.25) is 4.21 Å². The van der Waals surface area contributed by atoms with Gasteiger partial charge in [-0.15, -0.1) is 0 Å². The predicted octanol–water partition coefficient (Wildman–Crippen LogP) is 0.878. The minimum atomic E-state index is -4.01. The summed E-state index contributed by atoms with van der Waals surface area (Å²) in [5, 5.41) is 8.89. The molecule has 118 valence electrons. The van der Waals surface area contributed by atoms with Crippen LogP contribution in [-0.4, -0.2) is 41.8 Å². The molecule has 0 aromatic heterocycles. The summed E-state index contributed by atoms with van der Waals surface area (Å²) in [5.74, 6) is -2.40. The number of halogens is 1. The largest absolute Gasteiger partial charge is 0.478 e. The first-order chi connectivity index (χ1) is 9.54. The Bertz CT molecular complexity index is 687. The van der Waals surface area contributed by atoms with Crippen molar-refractivity contribution in [3.8, 4) is 0 Å². The second kappa shape index (κ2) is 6.63. The fourth-order valence-electron chi connectivity index (χ4n) is 1.77. The van der Waals surface area contributed by atoms with Crippen molar-refractivity contribution in [3.05, 3.63) is 29.1 Å². The van der Waals surface area contributed by atoms with Gasteiger partial charge in [-0.2, -0.15) is 0 Å². The second-order valence-corrected chi connectivity index (χ2v) is 7.86. The van der Waals surface area contributed by atoms with Gasteiger partial charge < -0.3 is 5.11 Å². The lowest BCUT2D eigenvalue weighted by Gasteiger charge is -2.14. The lowest BCUT2D eigenvalue weighted by molar-refractivity contribution is 0.0691. The van der Waals surface area contributed by atoms with Crippen LogP contribution in [0.1, 0.15) is 22.8 Å². The van der Waals surface area contributed by atoms with Crippen molar-refractivity contribution in [1.82, 2.24) is 4.72 Å². The molecule has 1 aromatic carbocycles. The first-order valence-corrected chi connectivity index (χ1v) is 9.11. The van der Waals surface area contributed by atoms with E-state index in [0.29, 0.717) is 0 Å². The lowest BCUT2D eigenvalue weighted by Crippen LogP contribution is -2.36. The number of benzene rings is 1.